The summed E-state index contributed by atoms with van der Waals surface area (Å²) < 4.78 is 8.22. The van der Waals surface area contributed by atoms with Crippen molar-refractivity contribution in [1.82, 2.24) is 29.2 Å². The van der Waals surface area contributed by atoms with Crippen LogP contribution in [0.3, 0.4) is 0 Å². The summed E-state index contributed by atoms with van der Waals surface area (Å²) in [5.41, 5.74) is 4.82. The Labute approximate surface area is 183 Å². The van der Waals surface area contributed by atoms with Crippen molar-refractivity contribution in [3.8, 4) is 0 Å². The summed E-state index contributed by atoms with van der Waals surface area (Å²) in [7, 11) is 0. The van der Waals surface area contributed by atoms with E-state index in [2.05, 4.69) is 29.4 Å². The van der Waals surface area contributed by atoms with Crippen LogP contribution in [0.2, 0.25) is 0 Å². The predicted molar refractivity (Wildman–Crippen MR) is 108 cm³/mol. The number of thioether (sulfide) groups is 2. The lowest BCUT2D eigenvalue weighted by Crippen LogP contribution is -2.71. The number of β-lactam (4-membered cyclic amide) rings is 1. The molecule has 30 heavy (non-hydrogen) atoms. The molecular weight excluding hydrogens is 476 g/mol. The number of carbonyl (C=O) groups is 3. The van der Waals surface area contributed by atoms with Crippen LogP contribution in [-0.2, 0) is 14.4 Å². The normalized spacial score (nSPS) is 21.3. The standard InChI is InChI=1S/C13H10N8O5S4/c14-13-17-8(19-30-13)5(18-26)9(22)16-6-10(23)21-7(12(24)25)3(2-27-11(6)21)28-4-1-15-20-29-4/h1,6,11,26H,2H2,(H,16,22)(H,24,25)(H2,14,17,19)/b18-5-/t6-,11-/m1/s1. The number of nitrogens with zero attached hydrogens (tertiary/aromatic N) is 6. The Kier molecular flexibility index (Phi) is 5.58. The first-order valence-corrected chi connectivity index (χ1v) is 11.3. The number of aromatic nitrogens is 4. The fourth-order valence-electron chi connectivity index (χ4n) is 2.73. The van der Waals surface area contributed by atoms with Crippen LogP contribution in [-0.4, -0.2) is 74.8 Å². The lowest BCUT2D eigenvalue weighted by atomic mass is 10.0. The number of oxime groups is 1. The van der Waals surface area contributed by atoms with Gasteiger partial charge in [-0.1, -0.05) is 21.4 Å². The average Bonchev–Trinajstić information content (AvgIpc) is 3.38. The third kappa shape index (κ3) is 3.59. The Hall–Kier alpha value is -2.76. The lowest BCUT2D eigenvalue weighted by Gasteiger charge is -2.49. The molecule has 4 rings (SSSR count). The van der Waals surface area contributed by atoms with E-state index < -0.39 is 34.9 Å². The number of aliphatic carboxylic acids is 1. The molecule has 17 heteroatoms. The summed E-state index contributed by atoms with van der Waals surface area (Å²) in [6.07, 6.45) is 1.51. The van der Waals surface area contributed by atoms with Gasteiger partial charge in [-0.15, -0.1) is 16.9 Å². The van der Waals surface area contributed by atoms with Crippen LogP contribution in [0.4, 0.5) is 5.13 Å². The number of anilines is 1. The van der Waals surface area contributed by atoms with Gasteiger partial charge in [0.2, 0.25) is 11.5 Å². The van der Waals surface area contributed by atoms with Gasteiger partial charge in [0.1, 0.15) is 21.3 Å². The molecule has 2 aromatic heterocycles. The first kappa shape index (κ1) is 20.5. The Morgan fingerprint density at radius 3 is 2.80 bits per heavy atom. The van der Waals surface area contributed by atoms with E-state index in [0.717, 1.165) is 28.0 Å². The smallest absolute Gasteiger partial charge is 0.353 e. The van der Waals surface area contributed by atoms with Crippen molar-refractivity contribution in [2.45, 2.75) is 15.6 Å². The maximum Gasteiger partial charge on any atom is 0.353 e. The number of amides is 2. The average molecular weight is 487 g/mol. The first-order chi connectivity index (χ1) is 14.4. The molecule has 0 aliphatic carbocycles. The van der Waals surface area contributed by atoms with Crippen molar-refractivity contribution in [3.63, 3.8) is 0 Å². The number of fused-ring (bicyclic) bond motifs is 1. The molecule has 0 unspecified atom stereocenters. The fraction of sp³-hybridized carbons (Fsp3) is 0.231. The number of nitrogens with two attached hydrogens (primary N) is 1. The number of nitrogen functional groups attached to an aromatic ring is 1. The molecule has 2 aliphatic rings. The molecule has 0 aromatic carbocycles. The second kappa shape index (κ2) is 8.17. The number of hydrogen-bond acceptors (Lipinski definition) is 14. The molecule has 5 N–H and O–H groups in total. The highest BCUT2D eigenvalue weighted by Gasteiger charge is 2.54. The monoisotopic (exact) mass is 486 g/mol. The van der Waals surface area contributed by atoms with Crippen molar-refractivity contribution in [1.29, 1.82) is 0 Å². The quantitative estimate of drug-likeness (QED) is 0.179. The zero-order chi connectivity index (χ0) is 21.4. The molecule has 13 nitrogen and oxygen atoms in total. The van der Waals surface area contributed by atoms with Crippen LogP contribution < -0.4 is 11.1 Å². The molecule has 2 atom stereocenters. The summed E-state index contributed by atoms with van der Waals surface area (Å²) in [6, 6.07) is -0.999. The molecule has 2 amide bonds. The largest absolute Gasteiger partial charge is 0.477 e. The van der Waals surface area contributed by atoms with Crippen LogP contribution in [0.5, 0.6) is 0 Å². The maximum atomic E-state index is 12.7. The number of carboxylic acid groups (broad SMARTS) is 1. The Morgan fingerprint density at radius 1 is 1.40 bits per heavy atom. The zero-order valence-electron chi connectivity index (χ0n) is 14.5. The molecule has 2 aliphatic heterocycles. The molecule has 0 saturated carbocycles. The van der Waals surface area contributed by atoms with Gasteiger partial charge in [0.25, 0.3) is 11.8 Å². The third-order valence-corrected chi connectivity index (χ3v) is 7.79. The van der Waals surface area contributed by atoms with Crippen LogP contribution in [0.15, 0.2) is 26.2 Å². The predicted octanol–water partition coefficient (Wildman–Crippen LogP) is -0.361. The highest BCUT2D eigenvalue weighted by molar-refractivity contribution is 8.07. The highest BCUT2D eigenvalue weighted by atomic mass is 32.2. The molecule has 1 fully saturated rings. The lowest BCUT2D eigenvalue weighted by molar-refractivity contribution is -0.150. The Balaban J connectivity index is 1.52. The number of carbonyl (C=O) groups excluding carboxylic acids is 2. The van der Waals surface area contributed by atoms with Crippen LogP contribution in [0.25, 0.3) is 0 Å². The number of hydrogen-bond donors (Lipinski definition) is 4. The van der Waals surface area contributed by atoms with E-state index in [1.807, 2.05) is 0 Å². The molecule has 0 spiro atoms. The molecule has 2 aromatic rings. The van der Waals surface area contributed by atoms with E-state index in [4.69, 9.17) is 10.9 Å². The van der Waals surface area contributed by atoms with Gasteiger partial charge >= 0.3 is 5.97 Å². The number of rotatable bonds is 6. The molecule has 0 bridgehead atoms. The molecule has 156 valence electrons. The minimum Gasteiger partial charge on any atom is -0.477 e. The van der Waals surface area contributed by atoms with Gasteiger partial charge in [0.05, 0.1) is 6.20 Å². The zero-order valence-corrected chi connectivity index (χ0v) is 17.7. The van der Waals surface area contributed by atoms with Crippen molar-refractivity contribution < 1.29 is 24.7 Å². The second-order valence-electron chi connectivity index (χ2n) is 5.68. The van der Waals surface area contributed by atoms with Gasteiger partial charge in [0.15, 0.2) is 5.13 Å². The topological polar surface area (TPSA) is 197 Å². The molecule has 1 saturated heterocycles. The Morgan fingerprint density at radius 2 is 2.20 bits per heavy atom. The summed E-state index contributed by atoms with van der Waals surface area (Å²) in [5.74, 6) is -2.60. The van der Waals surface area contributed by atoms with Crippen molar-refractivity contribution in [3.05, 3.63) is 22.6 Å². The number of nitrogens with one attached hydrogen (secondary N) is 1. The minimum atomic E-state index is -1.25. The SMILES string of the molecule is Nc1nc(/C(=N/O)C(=O)N[C@@H]2C(=O)N3C(C(=O)O)=C(Sc4cnns4)CS[C@H]23)ns1. The maximum absolute atomic E-state index is 12.7. The van der Waals surface area contributed by atoms with E-state index in [0.29, 0.717) is 14.9 Å². The Bertz CT molecular complexity index is 1080. The fourth-order valence-corrected chi connectivity index (χ4v) is 6.24. The third-order valence-electron chi connectivity index (χ3n) is 3.96. The second-order valence-corrected chi connectivity index (χ2v) is 9.75. The van der Waals surface area contributed by atoms with Gasteiger partial charge in [-0.25, -0.2) is 4.79 Å². The van der Waals surface area contributed by atoms with Crippen LogP contribution in [0.1, 0.15) is 5.82 Å². The van der Waals surface area contributed by atoms with Gasteiger partial charge < -0.3 is 21.4 Å². The summed E-state index contributed by atoms with van der Waals surface area (Å²) in [6.45, 7) is 0. The van der Waals surface area contributed by atoms with Crippen molar-refractivity contribution in [2.75, 3.05) is 11.5 Å². The molecular formula is C13H10N8O5S4. The van der Waals surface area contributed by atoms with Crippen LogP contribution in [0, 0.1) is 0 Å². The van der Waals surface area contributed by atoms with E-state index in [9.17, 15) is 19.5 Å². The highest BCUT2D eigenvalue weighted by Crippen LogP contribution is 2.45. The summed E-state index contributed by atoms with van der Waals surface area (Å²) in [4.78, 5) is 42.3. The van der Waals surface area contributed by atoms with Crippen LogP contribution >= 0.6 is 46.6 Å². The van der Waals surface area contributed by atoms with Crippen molar-refractivity contribution in [2.24, 2.45) is 5.16 Å². The first-order valence-electron chi connectivity index (χ1n) is 7.89. The van der Waals surface area contributed by atoms with E-state index >= 15 is 0 Å². The van der Waals surface area contributed by atoms with Crippen molar-refractivity contribution >= 4 is 75.2 Å². The van der Waals surface area contributed by atoms with E-state index in [1.165, 1.54) is 29.7 Å². The molecule has 0 radical (unpaired) electrons. The van der Waals surface area contributed by atoms with Gasteiger partial charge in [-0.05, 0) is 11.5 Å². The van der Waals surface area contributed by atoms with E-state index in [1.54, 1.807) is 0 Å². The van der Waals surface area contributed by atoms with E-state index in [-0.39, 0.29) is 16.7 Å². The summed E-state index contributed by atoms with van der Waals surface area (Å²) >= 11 is 4.41. The number of carboxylic acids is 1. The van der Waals surface area contributed by atoms with Gasteiger partial charge in [-0.2, -0.15) is 9.36 Å². The molecule has 4 heterocycles. The van der Waals surface area contributed by atoms with Gasteiger partial charge in [-0.3, -0.25) is 14.5 Å². The minimum absolute atomic E-state index is 0.0742. The van der Waals surface area contributed by atoms with Gasteiger partial charge in [0, 0.05) is 22.2 Å². The summed E-state index contributed by atoms with van der Waals surface area (Å²) in [5, 5.41) is 27.3.